The lowest BCUT2D eigenvalue weighted by Crippen LogP contribution is -2.62. The summed E-state index contributed by atoms with van der Waals surface area (Å²) in [6, 6.07) is 12.0. The molecule has 1 aliphatic heterocycles. The van der Waals surface area contributed by atoms with Gasteiger partial charge in [0.1, 0.15) is 24.7 Å². The Balaban J connectivity index is 1.96. The molecule has 12 nitrogen and oxygen atoms in total. The largest absolute Gasteiger partial charge is 0.480 e. The van der Waals surface area contributed by atoms with E-state index in [1.165, 1.54) is 9.80 Å². The summed E-state index contributed by atoms with van der Waals surface area (Å²) in [7, 11) is 0. The third kappa shape index (κ3) is 8.94. The SMILES string of the molecule is CC(C)[C@@H](C(=O)N1Cc2ccccc2C[C@H]1C(=O)N[C@@H](CC(N)=O)C(=O)O)N(C[C@@H](N)CS)C(=O)OCc1ccccc1. The van der Waals surface area contributed by atoms with Crippen LogP contribution >= 0.6 is 12.6 Å². The highest BCUT2D eigenvalue weighted by molar-refractivity contribution is 7.80. The van der Waals surface area contributed by atoms with Gasteiger partial charge in [-0.05, 0) is 22.6 Å². The predicted molar refractivity (Wildman–Crippen MR) is 162 cm³/mol. The molecule has 0 saturated heterocycles. The molecule has 6 N–H and O–H groups in total. The highest BCUT2D eigenvalue weighted by atomic mass is 32.1. The standard InChI is InChI=1S/C30H39N5O7S/c1-18(2)26(35(15-22(31)17-43)30(41)42-16-19-8-4-3-5-9-19)28(38)34-14-21-11-7-6-10-20(21)12-24(34)27(37)33-23(29(39)40)13-25(32)36/h3-11,18,22-24,26,43H,12-17,31H2,1-2H3,(H2,32,36)(H,33,37)(H,39,40)/t22-,23+,24+,26+/m1/s1. The molecule has 0 spiro atoms. The number of amides is 4. The van der Waals surface area contributed by atoms with Crippen molar-refractivity contribution in [3.05, 3.63) is 71.3 Å². The van der Waals surface area contributed by atoms with E-state index in [1.54, 1.807) is 32.0 Å². The summed E-state index contributed by atoms with van der Waals surface area (Å²) in [5.41, 5.74) is 13.8. The Hall–Kier alpha value is -4.10. The van der Waals surface area contributed by atoms with Crippen LogP contribution in [-0.4, -0.2) is 81.2 Å². The molecular weight excluding hydrogens is 574 g/mol. The first-order valence-corrected chi connectivity index (χ1v) is 14.6. The second-order valence-electron chi connectivity index (χ2n) is 10.8. The fourth-order valence-electron chi connectivity index (χ4n) is 5.02. The van der Waals surface area contributed by atoms with Gasteiger partial charge in [-0.3, -0.25) is 19.3 Å². The number of ether oxygens (including phenoxy) is 1. The van der Waals surface area contributed by atoms with Gasteiger partial charge in [0, 0.05) is 31.3 Å². The van der Waals surface area contributed by atoms with Crippen molar-refractivity contribution in [3.63, 3.8) is 0 Å². The summed E-state index contributed by atoms with van der Waals surface area (Å²) in [5, 5.41) is 11.9. The van der Waals surface area contributed by atoms with Gasteiger partial charge in [0.25, 0.3) is 0 Å². The molecule has 13 heteroatoms. The number of aliphatic carboxylic acids is 1. The monoisotopic (exact) mass is 613 g/mol. The number of nitrogens with zero attached hydrogens (tertiary/aromatic N) is 2. The van der Waals surface area contributed by atoms with Gasteiger partial charge in [0.05, 0.1) is 6.42 Å². The molecule has 2 aromatic carbocycles. The van der Waals surface area contributed by atoms with E-state index < -0.39 is 66.3 Å². The zero-order valence-corrected chi connectivity index (χ0v) is 25.1. The smallest absolute Gasteiger partial charge is 0.410 e. The van der Waals surface area contributed by atoms with Gasteiger partial charge in [-0.2, -0.15) is 12.6 Å². The van der Waals surface area contributed by atoms with Crippen molar-refractivity contribution in [2.75, 3.05) is 12.3 Å². The fraction of sp³-hybridized carbons (Fsp3) is 0.433. The predicted octanol–water partition coefficient (Wildman–Crippen LogP) is 1.31. The molecule has 0 unspecified atom stereocenters. The van der Waals surface area contributed by atoms with Crippen LogP contribution in [0.2, 0.25) is 0 Å². The second kappa shape index (κ2) is 15.4. The fourth-order valence-corrected chi connectivity index (χ4v) is 5.14. The Morgan fingerprint density at radius 1 is 1.07 bits per heavy atom. The molecule has 4 atom stereocenters. The molecule has 43 heavy (non-hydrogen) atoms. The lowest BCUT2D eigenvalue weighted by atomic mass is 9.91. The molecule has 1 heterocycles. The molecular formula is C30H39N5O7S. The number of hydrogen-bond donors (Lipinski definition) is 5. The average molecular weight is 614 g/mol. The molecule has 1 aliphatic rings. The van der Waals surface area contributed by atoms with Gasteiger partial charge in [-0.15, -0.1) is 0 Å². The normalized spacial score (nSPS) is 16.4. The van der Waals surface area contributed by atoms with Crippen LogP contribution in [0.1, 0.15) is 37.0 Å². The molecule has 4 amide bonds. The van der Waals surface area contributed by atoms with E-state index in [9.17, 15) is 29.1 Å². The van der Waals surface area contributed by atoms with Crippen molar-refractivity contribution < 1.29 is 33.8 Å². The van der Waals surface area contributed by atoms with Gasteiger partial charge >= 0.3 is 12.1 Å². The number of hydrogen-bond acceptors (Lipinski definition) is 8. The lowest BCUT2D eigenvalue weighted by molar-refractivity contribution is -0.149. The van der Waals surface area contributed by atoms with Crippen molar-refractivity contribution in [3.8, 4) is 0 Å². The maximum absolute atomic E-state index is 14.4. The van der Waals surface area contributed by atoms with Crippen molar-refractivity contribution >= 4 is 42.4 Å². The van der Waals surface area contributed by atoms with Crippen molar-refractivity contribution in [1.82, 2.24) is 15.1 Å². The van der Waals surface area contributed by atoms with Crippen molar-refractivity contribution in [1.29, 1.82) is 0 Å². The van der Waals surface area contributed by atoms with E-state index in [0.29, 0.717) is 0 Å². The Morgan fingerprint density at radius 3 is 2.28 bits per heavy atom. The maximum Gasteiger partial charge on any atom is 0.410 e. The maximum atomic E-state index is 14.4. The number of carboxylic acids is 1. The summed E-state index contributed by atoms with van der Waals surface area (Å²) in [5.74, 6) is -3.82. The van der Waals surface area contributed by atoms with Crippen molar-refractivity contribution in [2.45, 2.75) is 64.0 Å². The molecule has 0 aromatic heterocycles. The Kier molecular flexibility index (Phi) is 12.0. The minimum Gasteiger partial charge on any atom is -0.480 e. The molecule has 232 valence electrons. The number of thiol groups is 1. The summed E-state index contributed by atoms with van der Waals surface area (Å²) < 4.78 is 5.60. The number of fused-ring (bicyclic) bond motifs is 1. The topological polar surface area (TPSA) is 185 Å². The number of carbonyl (C=O) groups is 5. The number of carbonyl (C=O) groups excluding carboxylic acids is 4. The summed E-state index contributed by atoms with van der Waals surface area (Å²) in [4.78, 5) is 67.3. The second-order valence-corrected chi connectivity index (χ2v) is 11.2. The highest BCUT2D eigenvalue weighted by Gasteiger charge is 2.43. The average Bonchev–Trinajstić information content (AvgIpc) is 2.98. The highest BCUT2D eigenvalue weighted by Crippen LogP contribution is 2.27. The van der Waals surface area contributed by atoms with Gasteiger partial charge in [-0.1, -0.05) is 68.4 Å². The molecule has 0 saturated carbocycles. The molecule has 0 radical (unpaired) electrons. The molecule has 3 rings (SSSR count). The van der Waals surface area contributed by atoms with Crippen LogP contribution in [0, 0.1) is 5.92 Å². The summed E-state index contributed by atoms with van der Waals surface area (Å²) in [6.45, 7) is 3.52. The first kappa shape index (κ1) is 33.4. The Labute approximate surface area is 256 Å². The third-order valence-electron chi connectivity index (χ3n) is 7.18. The van der Waals surface area contributed by atoms with Gasteiger partial charge < -0.3 is 31.5 Å². The van der Waals surface area contributed by atoms with E-state index in [0.717, 1.165) is 16.7 Å². The summed E-state index contributed by atoms with van der Waals surface area (Å²) >= 11 is 4.25. The van der Waals surface area contributed by atoms with Crippen LogP contribution in [0.15, 0.2) is 54.6 Å². The number of nitrogens with two attached hydrogens (primary N) is 2. The number of primary amides is 1. The number of nitrogens with one attached hydrogen (secondary N) is 1. The van der Waals surface area contributed by atoms with E-state index in [1.807, 2.05) is 36.4 Å². The van der Waals surface area contributed by atoms with E-state index in [4.69, 9.17) is 16.2 Å². The van der Waals surface area contributed by atoms with Crippen molar-refractivity contribution in [2.24, 2.45) is 17.4 Å². The zero-order valence-electron chi connectivity index (χ0n) is 24.2. The van der Waals surface area contributed by atoms with E-state index in [2.05, 4.69) is 17.9 Å². The Bertz CT molecular complexity index is 1310. The lowest BCUT2D eigenvalue weighted by Gasteiger charge is -2.42. The Morgan fingerprint density at radius 2 is 1.70 bits per heavy atom. The number of rotatable bonds is 13. The van der Waals surface area contributed by atoms with Gasteiger partial charge in [-0.25, -0.2) is 9.59 Å². The first-order valence-electron chi connectivity index (χ1n) is 13.9. The summed E-state index contributed by atoms with van der Waals surface area (Å²) in [6.07, 6.45) is -1.27. The molecule has 0 bridgehead atoms. The number of benzene rings is 2. The quantitative estimate of drug-likeness (QED) is 0.209. The van der Waals surface area contributed by atoms with Gasteiger partial charge in [0.2, 0.25) is 17.7 Å². The van der Waals surface area contributed by atoms with E-state index >= 15 is 0 Å². The van der Waals surface area contributed by atoms with Crippen LogP contribution in [0.3, 0.4) is 0 Å². The number of carboxylic acid groups (broad SMARTS) is 1. The minimum atomic E-state index is -1.57. The third-order valence-corrected chi connectivity index (χ3v) is 7.65. The van der Waals surface area contributed by atoms with Crippen LogP contribution in [-0.2, 0) is 43.5 Å². The first-order chi connectivity index (χ1) is 20.4. The van der Waals surface area contributed by atoms with Crippen LogP contribution < -0.4 is 16.8 Å². The van der Waals surface area contributed by atoms with Crippen LogP contribution in [0.5, 0.6) is 0 Å². The van der Waals surface area contributed by atoms with E-state index in [-0.39, 0.29) is 31.9 Å². The molecule has 0 fully saturated rings. The van der Waals surface area contributed by atoms with Crippen LogP contribution in [0.4, 0.5) is 4.79 Å². The van der Waals surface area contributed by atoms with Crippen LogP contribution in [0.25, 0.3) is 0 Å². The zero-order chi connectivity index (χ0) is 31.7. The molecule has 0 aliphatic carbocycles. The van der Waals surface area contributed by atoms with Gasteiger partial charge in [0.15, 0.2) is 0 Å². The molecule has 2 aromatic rings. The minimum absolute atomic E-state index is 0.0240.